The van der Waals surface area contributed by atoms with Gasteiger partial charge in [0.15, 0.2) is 20.2 Å². The fourth-order valence-corrected chi connectivity index (χ4v) is 1.92. The maximum absolute atomic E-state index is 12.2. The summed E-state index contributed by atoms with van der Waals surface area (Å²) >= 11 is 0. The van der Waals surface area contributed by atoms with E-state index in [4.69, 9.17) is 0 Å². The summed E-state index contributed by atoms with van der Waals surface area (Å²) in [6, 6.07) is 0. The Morgan fingerprint density at radius 2 is 0.500 bits per heavy atom. The molecule has 0 saturated carbocycles. The molecule has 0 N–H and O–H groups in total. The van der Waals surface area contributed by atoms with Crippen LogP contribution in [-0.2, 0) is 20.2 Å². The number of halogens is 18. The minimum absolute atomic E-state index is 0. The number of hydrogen-bond donors (Lipinski definition) is 0. The molecule has 0 unspecified atom stereocenters. The molecule has 0 spiro atoms. The Hall–Kier alpha value is 1.83. The third-order valence-corrected chi connectivity index (χ3v) is 4.63. The molecule has 0 aromatic rings. The topological polar surface area (TPSA) is 114 Å². The molecule has 0 aliphatic carbocycles. The van der Waals surface area contributed by atoms with Gasteiger partial charge in [-0.3, -0.25) is 0 Å². The molecule has 6 nitrogen and oxygen atoms in total. The number of hydrogen-bond acceptors (Lipinski definition) is 6. The standard InChI is InChI=1S/2C4HF9O3S.2K/c2*5-1(6,3(9,10)11)2(7,8)4(12,13)17(14,15)16;;/h2*(H,14,15,16);;/q;;2*+1/p-2. The van der Waals surface area contributed by atoms with E-state index in [2.05, 4.69) is 0 Å². The van der Waals surface area contributed by atoms with Crippen molar-refractivity contribution in [2.24, 2.45) is 0 Å². The number of alkyl halides is 18. The predicted octanol–water partition coefficient (Wildman–Crippen LogP) is -2.08. The average Bonchev–Trinajstić information content (AvgIpc) is 2.50. The Kier molecular flexibility index (Phi) is 15.4. The van der Waals surface area contributed by atoms with Crippen LogP contribution in [0.15, 0.2) is 0 Å². The van der Waals surface area contributed by atoms with Gasteiger partial charge in [0, 0.05) is 0 Å². The molecule has 208 valence electrons. The Morgan fingerprint density at radius 1 is 0.361 bits per heavy atom. The molecule has 0 radical (unpaired) electrons. The van der Waals surface area contributed by atoms with E-state index in [1.54, 1.807) is 0 Å². The first kappa shape index (κ1) is 44.8. The first-order valence-electron chi connectivity index (χ1n) is 6.31. The summed E-state index contributed by atoms with van der Waals surface area (Å²) in [7, 11) is -14.8. The van der Waals surface area contributed by atoms with E-state index in [-0.39, 0.29) is 103 Å². The molecule has 0 aromatic heterocycles. The quantitative estimate of drug-likeness (QED) is 0.182. The van der Waals surface area contributed by atoms with Crippen LogP contribution < -0.4 is 103 Å². The van der Waals surface area contributed by atoms with Crippen LogP contribution in [0.4, 0.5) is 79.0 Å². The van der Waals surface area contributed by atoms with E-state index in [1.807, 2.05) is 0 Å². The van der Waals surface area contributed by atoms with Gasteiger partial charge in [0.05, 0.1) is 0 Å². The molecule has 0 aliphatic rings. The zero-order valence-electron chi connectivity index (χ0n) is 16.1. The summed E-state index contributed by atoms with van der Waals surface area (Å²) in [6.07, 6.45) is -14.3. The number of rotatable bonds is 6. The van der Waals surface area contributed by atoms with Gasteiger partial charge in [-0.2, -0.15) is 79.0 Å². The van der Waals surface area contributed by atoms with E-state index in [0.29, 0.717) is 0 Å². The molecule has 0 aliphatic heterocycles. The third-order valence-electron chi connectivity index (χ3n) is 2.86. The van der Waals surface area contributed by atoms with Crippen molar-refractivity contribution in [2.75, 3.05) is 0 Å². The Bertz CT molecular complexity index is 875. The molecule has 0 atom stereocenters. The Labute approximate surface area is 270 Å². The van der Waals surface area contributed by atoms with Crippen molar-refractivity contribution < 1.29 is 208 Å². The van der Waals surface area contributed by atoms with Gasteiger partial charge < -0.3 is 9.11 Å². The van der Waals surface area contributed by atoms with Gasteiger partial charge in [-0.25, -0.2) is 16.8 Å². The van der Waals surface area contributed by atoms with Crippen molar-refractivity contribution in [3.63, 3.8) is 0 Å². The molecular weight excluding hydrogens is 676 g/mol. The molecule has 28 heteroatoms. The molecule has 0 aromatic carbocycles. The fourth-order valence-electron chi connectivity index (χ4n) is 1.04. The molecule has 0 bridgehead atoms. The minimum atomic E-state index is -7.43. The molecule has 0 amide bonds. The maximum atomic E-state index is 12.2. The summed E-state index contributed by atoms with van der Waals surface area (Å²) in [5.41, 5.74) is 0. The van der Waals surface area contributed by atoms with Crippen molar-refractivity contribution >= 4 is 20.2 Å². The Morgan fingerprint density at radius 3 is 0.583 bits per heavy atom. The summed E-state index contributed by atoms with van der Waals surface area (Å²) < 4.78 is 271. The fraction of sp³-hybridized carbons (Fsp3) is 1.00. The first-order valence-corrected chi connectivity index (χ1v) is 9.13. The molecule has 0 saturated heterocycles. The van der Waals surface area contributed by atoms with Crippen LogP contribution >= 0.6 is 0 Å². The van der Waals surface area contributed by atoms with Crippen molar-refractivity contribution in [2.45, 2.75) is 46.6 Å². The van der Waals surface area contributed by atoms with E-state index in [9.17, 15) is 105 Å². The predicted molar refractivity (Wildman–Crippen MR) is 61.2 cm³/mol. The SMILES string of the molecule is O=S(=O)([O-])C(F)(F)C(F)(F)C(F)(F)C(F)(F)F.O=S(=O)([O-])C(F)(F)C(F)(F)C(F)(F)C(F)(F)F.[K+].[K+]. The zero-order valence-corrected chi connectivity index (χ0v) is 23.9. The van der Waals surface area contributed by atoms with Crippen LogP contribution in [0.3, 0.4) is 0 Å². The van der Waals surface area contributed by atoms with Gasteiger partial charge in [-0.05, 0) is 0 Å². The van der Waals surface area contributed by atoms with E-state index < -0.39 is 66.8 Å². The van der Waals surface area contributed by atoms with Crippen LogP contribution in [-0.4, -0.2) is 72.5 Å². The molecule has 0 fully saturated rings. The summed E-state index contributed by atoms with van der Waals surface area (Å²) in [4.78, 5) is 0. The minimum Gasteiger partial charge on any atom is -0.743 e. The smallest absolute Gasteiger partial charge is 0.743 e. The summed E-state index contributed by atoms with van der Waals surface area (Å²) in [6.45, 7) is 0. The van der Waals surface area contributed by atoms with Crippen LogP contribution in [0.5, 0.6) is 0 Å². The largest absolute Gasteiger partial charge is 1.00 e. The van der Waals surface area contributed by atoms with Crippen molar-refractivity contribution in [1.29, 1.82) is 0 Å². The van der Waals surface area contributed by atoms with Gasteiger partial charge in [0.2, 0.25) is 0 Å². The summed E-state index contributed by atoms with van der Waals surface area (Å²) in [5, 5.41) is -14.2. The normalized spacial score (nSPS) is 15.2. The second kappa shape index (κ2) is 12.4. The van der Waals surface area contributed by atoms with Crippen LogP contribution in [0, 0.1) is 0 Å². The molecular formula is C8F18K2O6S2. The van der Waals surface area contributed by atoms with Gasteiger partial charge in [-0.15, -0.1) is 0 Å². The zero-order chi connectivity index (χ0) is 29.0. The van der Waals surface area contributed by atoms with Gasteiger partial charge >= 0.3 is 149 Å². The van der Waals surface area contributed by atoms with Crippen LogP contribution in [0.25, 0.3) is 0 Å². The first-order chi connectivity index (χ1) is 14.0. The van der Waals surface area contributed by atoms with Crippen molar-refractivity contribution in [3.8, 4) is 0 Å². The van der Waals surface area contributed by atoms with Gasteiger partial charge in [-0.1, -0.05) is 0 Å². The Balaban J connectivity index is -0.000000269. The van der Waals surface area contributed by atoms with Crippen molar-refractivity contribution in [1.82, 2.24) is 0 Å². The van der Waals surface area contributed by atoms with Crippen LogP contribution in [0.1, 0.15) is 0 Å². The maximum Gasteiger partial charge on any atom is 1.00 e. The molecule has 36 heavy (non-hydrogen) atoms. The van der Waals surface area contributed by atoms with E-state index in [0.717, 1.165) is 0 Å². The van der Waals surface area contributed by atoms with Crippen LogP contribution in [0.2, 0.25) is 0 Å². The van der Waals surface area contributed by atoms with E-state index in [1.165, 1.54) is 0 Å². The third kappa shape index (κ3) is 7.98. The second-order valence-corrected chi connectivity index (χ2v) is 8.08. The summed E-state index contributed by atoms with van der Waals surface area (Å²) in [5.74, 6) is -29.6. The second-order valence-electron chi connectivity index (χ2n) is 5.23. The monoisotopic (exact) mass is 676 g/mol. The average molecular weight is 676 g/mol. The van der Waals surface area contributed by atoms with Gasteiger partial charge in [0.25, 0.3) is 0 Å². The van der Waals surface area contributed by atoms with E-state index >= 15 is 0 Å². The van der Waals surface area contributed by atoms with Gasteiger partial charge in [0.1, 0.15) is 0 Å². The van der Waals surface area contributed by atoms with Crippen molar-refractivity contribution in [3.05, 3.63) is 0 Å². The molecule has 0 rings (SSSR count). The molecule has 0 heterocycles.